The highest BCUT2D eigenvalue weighted by Gasteiger charge is 2.55. The van der Waals surface area contributed by atoms with Crippen LogP contribution in [0, 0.1) is 0 Å². The predicted molar refractivity (Wildman–Crippen MR) is 89.8 cm³/mol. The third-order valence-corrected chi connectivity index (χ3v) is 5.24. The van der Waals surface area contributed by atoms with E-state index >= 15 is 0 Å². The van der Waals surface area contributed by atoms with E-state index in [2.05, 4.69) is 80.6 Å². The molecule has 0 unspecified atom stereocenters. The highest BCUT2D eigenvalue weighted by atomic mass is 16.5. The largest absolute Gasteiger partial charge is 0.359 e. The quantitative estimate of drug-likeness (QED) is 0.691. The summed E-state index contributed by atoms with van der Waals surface area (Å²) < 4.78 is 6.72. The van der Waals surface area contributed by atoms with Crippen molar-refractivity contribution in [3.05, 3.63) is 83.4 Å². The van der Waals surface area contributed by atoms with E-state index in [9.17, 15) is 0 Å². The summed E-state index contributed by atoms with van der Waals surface area (Å²) in [5.74, 6) is 0.409. The lowest BCUT2D eigenvalue weighted by molar-refractivity contribution is -0.0879. The number of rotatable bonds is 2. The van der Waals surface area contributed by atoms with Crippen molar-refractivity contribution in [2.24, 2.45) is 0 Å². The van der Waals surface area contributed by atoms with E-state index in [1.807, 2.05) is 0 Å². The lowest BCUT2D eigenvalue weighted by atomic mass is 9.80. The Kier molecular flexibility index (Phi) is 3.02. The Bertz CT molecular complexity index is 703. The summed E-state index contributed by atoms with van der Waals surface area (Å²) in [7, 11) is 0. The zero-order valence-electron chi connectivity index (χ0n) is 13.3. The minimum Gasteiger partial charge on any atom is -0.359 e. The Morgan fingerprint density at radius 2 is 1.59 bits per heavy atom. The Hall–Kier alpha value is -1.86. The zero-order chi connectivity index (χ0) is 15.2. The van der Waals surface area contributed by atoms with Gasteiger partial charge in [0.1, 0.15) is 0 Å². The lowest BCUT2D eigenvalue weighted by Gasteiger charge is -2.38. The van der Waals surface area contributed by atoms with Crippen LogP contribution in [0.25, 0.3) is 0 Å². The maximum Gasteiger partial charge on any atom is 0.0987 e. The normalized spacial score (nSPS) is 33.5. The van der Waals surface area contributed by atoms with Crippen molar-refractivity contribution in [1.29, 1.82) is 0 Å². The predicted octanol–water partition coefficient (Wildman–Crippen LogP) is 5.19. The SMILES string of the molecule is CC1=C[C@]2(C)O[C@@](c3ccccc3)(C1)C[C@H]2c1ccccc1. The molecule has 0 saturated carbocycles. The first-order valence-corrected chi connectivity index (χ1v) is 8.10. The molecule has 0 aromatic heterocycles. The smallest absolute Gasteiger partial charge is 0.0987 e. The molecule has 22 heavy (non-hydrogen) atoms. The Morgan fingerprint density at radius 3 is 2.27 bits per heavy atom. The first-order chi connectivity index (χ1) is 10.6. The van der Waals surface area contributed by atoms with Crippen LogP contribution in [-0.4, -0.2) is 5.60 Å². The van der Waals surface area contributed by atoms with E-state index in [0.717, 1.165) is 12.8 Å². The molecule has 112 valence electrons. The van der Waals surface area contributed by atoms with Crippen LogP contribution < -0.4 is 0 Å². The van der Waals surface area contributed by atoms with Gasteiger partial charge >= 0.3 is 0 Å². The van der Waals surface area contributed by atoms with Gasteiger partial charge in [0, 0.05) is 12.3 Å². The van der Waals surface area contributed by atoms with Crippen LogP contribution in [0.2, 0.25) is 0 Å². The second kappa shape index (κ2) is 4.82. The second-order valence-electron chi connectivity index (χ2n) is 6.98. The average molecular weight is 290 g/mol. The van der Waals surface area contributed by atoms with Crippen molar-refractivity contribution in [2.45, 2.75) is 43.8 Å². The minimum absolute atomic E-state index is 0.171. The molecular formula is C21H22O. The van der Waals surface area contributed by atoms with Gasteiger partial charge in [-0.3, -0.25) is 0 Å². The van der Waals surface area contributed by atoms with E-state index in [0.29, 0.717) is 5.92 Å². The molecule has 2 aliphatic heterocycles. The molecule has 0 N–H and O–H groups in total. The molecule has 3 atom stereocenters. The molecule has 2 aromatic carbocycles. The molecule has 0 radical (unpaired) electrons. The monoisotopic (exact) mass is 290 g/mol. The van der Waals surface area contributed by atoms with Gasteiger partial charge in [-0.25, -0.2) is 0 Å². The number of hydrogen-bond acceptors (Lipinski definition) is 1. The zero-order valence-corrected chi connectivity index (χ0v) is 13.3. The van der Waals surface area contributed by atoms with Crippen molar-refractivity contribution in [2.75, 3.05) is 0 Å². The Labute approximate surface area is 132 Å². The van der Waals surface area contributed by atoms with Crippen LogP contribution in [0.1, 0.15) is 43.7 Å². The molecule has 0 amide bonds. The van der Waals surface area contributed by atoms with Gasteiger partial charge in [0.2, 0.25) is 0 Å². The van der Waals surface area contributed by atoms with Crippen molar-refractivity contribution < 1.29 is 4.74 Å². The van der Waals surface area contributed by atoms with Gasteiger partial charge in [-0.05, 0) is 31.4 Å². The molecule has 1 saturated heterocycles. The van der Waals surface area contributed by atoms with E-state index in [4.69, 9.17) is 4.74 Å². The van der Waals surface area contributed by atoms with E-state index in [1.165, 1.54) is 16.7 Å². The molecule has 2 heterocycles. The molecule has 0 spiro atoms. The Balaban J connectivity index is 1.83. The summed E-state index contributed by atoms with van der Waals surface area (Å²) in [5.41, 5.74) is 3.76. The summed E-state index contributed by atoms with van der Waals surface area (Å²) in [4.78, 5) is 0. The maximum atomic E-state index is 6.72. The number of ether oxygens (including phenoxy) is 1. The lowest BCUT2D eigenvalue weighted by Crippen LogP contribution is -2.36. The van der Waals surface area contributed by atoms with Gasteiger partial charge in [-0.15, -0.1) is 0 Å². The Morgan fingerprint density at radius 1 is 0.955 bits per heavy atom. The highest BCUT2D eigenvalue weighted by Crippen LogP contribution is 2.58. The molecule has 1 nitrogen and oxygen atoms in total. The van der Waals surface area contributed by atoms with Crippen LogP contribution in [0.5, 0.6) is 0 Å². The minimum atomic E-state index is -0.209. The average Bonchev–Trinajstić information content (AvgIpc) is 2.76. The fourth-order valence-corrected chi connectivity index (χ4v) is 4.45. The third-order valence-electron chi connectivity index (χ3n) is 5.24. The van der Waals surface area contributed by atoms with Gasteiger partial charge in [0.05, 0.1) is 11.2 Å². The summed E-state index contributed by atoms with van der Waals surface area (Å²) in [6.07, 6.45) is 4.39. The molecule has 4 rings (SSSR count). The van der Waals surface area contributed by atoms with Crippen LogP contribution in [-0.2, 0) is 10.3 Å². The molecule has 2 aliphatic rings. The second-order valence-corrected chi connectivity index (χ2v) is 6.98. The topological polar surface area (TPSA) is 9.23 Å². The summed E-state index contributed by atoms with van der Waals surface area (Å²) >= 11 is 0. The van der Waals surface area contributed by atoms with E-state index in [-0.39, 0.29) is 11.2 Å². The summed E-state index contributed by atoms with van der Waals surface area (Å²) in [6.45, 7) is 4.49. The van der Waals surface area contributed by atoms with Gasteiger partial charge in [0.25, 0.3) is 0 Å². The molecular weight excluding hydrogens is 268 g/mol. The molecule has 2 bridgehead atoms. The van der Waals surface area contributed by atoms with Crippen LogP contribution >= 0.6 is 0 Å². The number of benzene rings is 2. The molecule has 1 heteroatoms. The third kappa shape index (κ3) is 2.04. The van der Waals surface area contributed by atoms with Crippen LogP contribution in [0.15, 0.2) is 72.3 Å². The standard InChI is InChI=1S/C21H22O/c1-16-13-20(2)19(17-9-5-3-6-10-17)15-21(14-16,22-20)18-11-7-4-8-12-18/h3-13,19H,14-15H2,1-2H3/t19-,20-,21-/m0/s1. The van der Waals surface area contributed by atoms with Gasteiger partial charge in [-0.2, -0.15) is 0 Å². The van der Waals surface area contributed by atoms with Crippen molar-refractivity contribution in [3.8, 4) is 0 Å². The van der Waals surface area contributed by atoms with E-state index in [1.54, 1.807) is 0 Å². The van der Waals surface area contributed by atoms with Crippen LogP contribution in [0.3, 0.4) is 0 Å². The van der Waals surface area contributed by atoms with Gasteiger partial charge in [-0.1, -0.05) is 72.3 Å². The van der Waals surface area contributed by atoms with Gasteiger partial charge in [0.15, 0.2) is 0 Å². The van der Waals surface area contributed by atoms with Crippen molar-refractivity contribution in [1.82, 2.24) is 0 Å². The van der Waals surface area contributed by atoms with Gasteiger partial charge < -0.3 is 4.74 Å². The molecule has 1 fully saturated rings. The first kappa shape index (κ1) is 13.8. The van der Waals surface area contributed by atoms with Crippen LogP contribution in [0.4, 0.5) is 0 Å². The highest BCUT2D eigenvalue weighted by molar-refractivity contribution is 5.38. The fraction of sp³-hybridized carbons (Fsp3) is 0.333. The van der Waals surface area contributed by atoms with E-state index < -0.39 is 0 Å². The maximum absolute atomic E-state index is 6.72. The number of hydrogen-bond donors (Lipinski definition) is 0. The van der Waals surface area contributed by atoms with Crippen molar-refractivity contribution in [3.63, 3.8) is 0 Å². The first-order valence-electron chi connectivity index (χ1n) is 8.10. The fourth-order valence-electron chi connectivity index (χ4n) is 4.45. The summed E-state index contributed by atoms with van der Waals surface area (Å²) in [6, 6.07) is 21.6. The number of fused-ring (bicyclic) bond motifs is 2. The summed E-state index contributed by atoms with van der Waals surface area (Å²) in [5, 5.41) is 0. The molecule has 0 aliphatic carbocycles. The molecule has 2 aromatic rings. The van der Waals surface area contributed by atoms with Crippen molar-refractivity contribution >= 4 is 0 Å².